The van der Waals surface area contributed by atoms with Crippen LogP contribution in [-0.2, 0) is 6.42 Å². The van der Waals surface area contributed by atoms with Gasteiger partial charge in [0.25, 0.3) is 0 Å². The molecule has 1 N–H and O–H groups in total. The zero-order valence-corrected chi connectivity index (χ0v) is 11.9. The molecule has 1 atom stereocenters. The number of benzene rings is 2. The van der Waals surface area contributed by atoms with E-state index < -0.39 is 0 Å². The SMILES string of the molecule is C=CC(C)(CNCC)Cc1cccc2ccccc12. The second-order valence-electron chi connectivity index (χ2n) is 5.45. The Morgan fingerprint density at radius 2 is 1.89 bits per heavy atom. The Hall–Kier alpha value is -1.60. The van der Waals surface area contributed by atoms with Gasteiger partial charge in [0, 0.05) is 12.0 Å². The standard InChI is InChI=1S/C18H23N/c1-4-18(3,14-19-5-2)13-16-11-8-10-15-9-6-7-12-17(15)16/h4,6-12,19H,1,5,13-14H2,2-3H3. The molecule has 0 saturated heterocycles. The molecule has 1 heteroatoms. The van der Waals surface area contributed by atoms with Crippen LogP contribution in [0.15, 0.2) is 55.1 Å². The van der Waals surface area contributed by atoms with Crippen molar-refractivity contribution in [1.29, 1.82) is 0 Å². The number of fused-ring (bicyclic) bond motifs is 1. The van der Waals surface area contributed by atoms with Crippen LogP contribution in [0, 0.1) is 5.41 Å². The van der Waals surface area contributed by atoms with Crippen LogP contribution < -0.4 is 5.32 Å². The van der Waals surface area contributed by atoms with E-state index in [9.17, 15) is 0 Å². The van der Waals surface area contributed by atoms with Crippen LogP contribution >= 0.6 is 0 Å². The van der Waals surface area contributed by atoms with E-state index in [2.05, 4.69) is 74.3 Å². The summed E-state index contributed by atoms with van der Waals surface area (Å²) in [5, 5.41) is 6.11. The van der Waals surface area contributed by atoms with Gasteiger partial charge in [0.05, 0.1) is 0 Å². The van der Waals surface area contributed by atoms with Crippen molar-refractivity contribution in [2.24, 2.45) is 5.41 Å². The Morgan fingerprint density at radius 3 is 2.63 bits per heavy atom. The molecular formula is C18H23N. The minimum absolute atomic E-state index is 0.0974. The van der Waals surface area contributed by atoms with E-state index in [-0.39, 0.29) is 5.41 Å². The highest BCUT2D eigenvalue weighted by Gasteiger charge is 2.21. The second-order valence-corrected chi connectivity index (χ2v) is 5.45. The predicted molar refractivity (Wildman–Crippen MR) is 84.5 cm³/mol. The lowest BCUT2D eigenvalue weighted by Gasteiger charge is -2.26. The molecule has 0 saturated carbocycles. The van der Waals surface area contributed by atoms with E-state index in [1.54, 1.807) is 0 Å². The minimum Gasteiger partial charge on any atom is -0.316 e. The van der Waals surface area contributed by atoms with Gasteiger partial charge in [-0.15, -0.1) is 6.58 Å². The van der Waals surface area contributed by atoms with Crippen LogP contribution in [0.4, 0.5) is 0 Å². The zero-order valence-electron chi connectivity index (χ0n) is 11.9. The molecule has 0 aromatic heterocycles. The Bertz CT molecular complexity index is 553. The first-order valence-corrected chi connectivity index (χ1v) is 6.99. The molecule has 19 heavy (non-hydrogen) atoms. The molecule has 2 aromatic carbocycles. The maximum Gasteiger partial charge on any atom is 0.00428 e. The van der Waals surface area contributed by atoms with Gasteiger partial charge in [0.1, 0.15) is 0 Å². The first-order chi connectivity index (χ1) is 9.18. The lowest BCUT2D eigenvalue weighted by molar-refractivity contribution is 0.397. The highest BCUT2D eigenvalue weighted by atomic mass is 14.9. The van der Waals surface area contributed by atoms with Gasteiger partial charge in [-0.1, -0.05) is 62.4 Å². The molecular weight excluding hydrogens is 230 g/mol. The monoisotopic (exact) mass is 253 g/mol. The van der Waals surface area contributed by atoms with E-state index >= 15 is 0 Å². The third-order valence-corrected chi connectivity index (χ3v) is 3.75. The van der Waals surface area contributed by atoms with Crippen molar-refractivity contribution in [3.05, 3.63) is 60.7 Å². The summed E-state index contributed by atoms with van der Waals surface area (Å²) in [5.41, 5.74) is 1.50. The van der Waals surface area contributed by atoms with Gasteiger partial charge < -0.3 is 5.32 Å². The van der Waals surface area contributed by atoms with Crippen LogP contribution in [0.2, 0.25) is 0 Å². The van der Waals surface area contributed by atoms with Crippen molar-refractivity contribution in [3.8, 4) is 0 Å². The number of hydrogen-bond acceptors (Lipinski definition) is 1. The predicted octanol–water partition coefficient (Wildman–Crippen LogP) is 4.18. The maximum absolute atomic E-state index is 4.02. The van der Waals surface area contributed by atoms with Crippen molar-refractivity contribution >= 4 is 10.8 Å². The average molecular weight is 253 g/mol. The van der Waals surface area contributed by atoms with Gasteiger partial charge in [0.15, 0.2) is 0 Å². The molecule has 0 spiro atoms. The topological polar surface area (TPSA) is 12.0 Å². The Kier molecular flexibility index (Phi) is 4.39. The van der Waals surface area contributed by atoms with E-state index in [1.165, 1.54) is 16.3 Å². The number of rotatable bonds is 6. The minimum atomic E-state index is 0.0974. The Morgan fingerprint density at radius 1 is 1.16 bits per heavy atom. The van der Waals surface area contributed by atoms with Crippen molar-refractivity contribution in [3.63, 3.8) is 0 Å². The number of hydrogen-bond donors (Lipinski definition) is 1. The third kappa shape index (κ3) is 3.24. The fraction of sp³-hybridized carbons (Fsp3) is 0.333. The Labute approximate surface area is 116 Å². The van der Waals surface area contributed by atoms with Crippen molar-refractivity contribution in [2.75, 3.05) is 13.1 Å². The lowest BCUT2D eigenvalue weighted by atomic mass is 9.82. The summed E-state index contributed by atoms with van der Waals surface area (Å²) in [6.07, 6.45) is 3.10. The molecule has 0 bridgehead atoms. The summed E-state index contributed by atoms with van der Waals surface area (Å²) in [6.45, 7) is 10.4. The van der Waals surface area contributed by atoms with Gasteiger partial charge in [-0.2, -0.15) is 0 Å². The molecule has 0 aliphatic carbocycles. The Balaban J connectivity index is 2.31. The summed E-state index contributed by atoms with van der Waals surface area (Å²) in [7, 11) is 0. The highest BCUT2D eigenvalue weighted by molar-refractivity contribution is 5.85. The summed E-state index contributed by atoms with van der Waals surface area (Å²) in [5.74, 6) is 0. The summed E-state index contributed by atoms with van der Waals surface area (Å²) >= 11 is 0. The van der Waals surface area contributed by atoms with Crippen molar-refractivity contribution < 1.29 is 0 Å². The summed E-state index contributed by atoms with van der Waals surface area (Å²) < 4.78 is 0. The van der Waals surface area contributed by atoms with Gasteiger partial charge in [0.2, 0.25) is 0 Å². The van der Waals surface area contributed by atoms with E-state index in [0.29, 0.717) is 0 Å². The first-order valence-electron chi connectivity index (χ1n) is 6.99. The van der Waals surface area contributed by atoms with Crippen LogP contribution in [0.3, 0.4) is 0 Å². The first kappa shape index (κ1) is 13.8. The molecule has 0 radical (unpaired) electrons. The van der Waals surface area contributed by atoms with Crippen LogP contribution in [0.25, 0.3) is 10.8 Å². The highest BCUT2D eigenvalue weighted by Crippen LogP contribution is 2.27. The van der Waals surface area contributed by atoms with E-state index in [0.717, 1.165) is 19.5 Å². The number of nitrogens with one attached hydrogen (secondary N) is 1. The molecule has 0 aliphatic heterocycles. The summed E-state index contributed by atoms with van der Waals surface area (Å²) in [6, 6.07) is 15.1. The smallest absolute Gasteiger partial charge is 0.00428 e. The molecule has 0 fully saturated rings. The van der Waals surface area contributed by atoms with E-state index in [4.69, 9.17) is 0 Å². The molecule has 0 aliphatic rings. The normalized spacial score (nSPS) is 14.2. The summed E-state index contributed by atoms with van der Waals surface area (Å²) in [4.78, 5) is 0. The van der Waals surface area contributed by atoms with Gasteiger partial charge in [-0.3, -0.25) is 0 Å². The second kappa shape index (κ2) is 6.03. The molecule has 0 heterocycles. The molecule has 1 nitrogen and oxygen atoms in total. The fourth-order valence-electron chi connectivity index (χ4n) is 2.50. The van der Waals surface area contributed by atoms with Crippen LogP contribution in [-0.4, -0.2) is 13.1 Å². The fourth-order valence-corrected chi connectivity index (χ4v) is 2.50. The largest absolute Gasteiger partial charge is 0.316 e. The van der Waals surface area contributed by atoms with Gasteiger partial charge >= 0.3 is 0 Å². The van der Waals surface area contributed by atoms with Gasteiger partial charge in [-0.05, 0) is 29.3 Å². The molecule has 2 rings (SSSR count). The molecule has 0 amide bonds. The van der Waals surface area contributed by atoms with Crippen molar-refractivity contribution in [1.82, 2.24) is 5.32 Å². The van der Waals surface area contributed by atoms with Gasteiger partial charge in [-0.25, -0.2) is 0 Å². The third-order valence-electron chi connectivity index (χ3n) is 3.75. The molecule has 1 unspecified atom stereocenters. The lowest BCUT2D eigenvalue weighted by Crippen LogP contribution is -2.31. The molecule has 2 aromatic rings. The maximum atomic E-state index is 4.02. The molecule has 100 valence electrons. The van der Waals surface area contributed by atoms with Crippen molar-refractivity contribution in [2.45, 2.75) is 20.3 Å². The average Bonchev–Trinajstić information content (AvgIpc) is 2.46. The van der Waals surface area contributed by atoms with Crippen LogP contribution in [0.1, 0.15) is 19.4 Å². The van der Waals surface area contributed by atoms with E-state index in [1.807, 2.05) is 0 Å². The van der Waals surface area contributed by atoms with Crippen LogP contribution in [0.5, 0.6) is 0 Å². The quantitative estimate of drug-likeness (QED) is 0.761. The zero-order chi connectivity index (χ0) is 13.7.